The summed E-state index contributed by atoms with van der Waals surface area (Å²) in [7, 11) is 3.93. The Labute approximate surface area is 159 Å². The van der Waals surface area contributed by atoms with E-state index in [-0.39, 0.29) is 24.8 Å². The van der Waals surface area contributed by atoms with Crippen LogP contribution in [-0.2, 0) is 6.42 Å². The molecule has 2 aromatic rings. The number of halogens is 2. The molecule has 24 heavy (non-hydrogen) atoms. The van der Waals surface area contributed by atoms with Crippen molar-refractivity contribution in [1.29, 1.82) is 0 Å². The molecule has 1 aliphatic rings. The van der Waals surface area contributed by atoms with Gasteiger partial charge in [0.25, 0.3) is 0 Å². The summed E-state index contributed by atoms with van der Waals surface area (Å²) in [5.74, 6) is 2.09. The van der Waals surface area contributed by atoms with Crippen LogP contribution in [0.1, 0.15) is 29.5 Å². The normalized spacial score (nSPS) is 18.8. The van der Waals surface area contributed by atoms with Crippen LogP contribution in [0.3, 0.4) is 0 Å². The van der Waals surface area contributed by atoms with Crippen molar-refractivity contribution >= 4 is 47.9 Å². The van der Waals surface area contributed by atoms with E-state index in [9.17, 15) is 0 Å². The summed E-state index contributed by atoms with van der Waals surface area (Å²) in [5.41, 5.74) is 7.00. The summed E-state index contributed by atoms with van der Waals surface area (Å²) in [6.45, 7) is 0.820. The topological polar surface area (TPSA) is 80.0 Å². The predicted molar refractivity (Wildman–Crippen MR) is 105 cm³/mol. The standard InChI is InChI=1S/C15H22N6S.2ClH/c1-21(2)15-19-12(10-7-11(16)8-10)9-13(20-15)17-4-3-14-18-5-6-22-14;;/h5-6,9-11H,3-4,7-8,16H2,1-2H3,(H,17,19,20);2*1H. The molecule has 3 rings (SSSR count). The second-order valence-electron chi connectivity index (χ2n) is 5.90. The van der Waals surface area contributed by atoms with E-state index in [0.717, 1.165) is 48.3 Å². The van der Waals surface area contributed by atoms with E-state index in [1.807, 2.05) is 30.6 Å². The van der Waals surface area contributed by atoms with Crippen molar-refractivity contribution in [3.8, 4) is 0 Å². The van der Waals surface area contributed by atoms with Gasteiger partial charge in [-0.15, -0.1) is 36.2 Å². The highest BCUT2D eigenvalue weighted by atomic mass is 35.5. The summed E-state index contributed by atoms with van der Waals surface area (Å²) >= 11 is 1.68. The second-order valence-corrected chi connectivity index (χ2v) is 6.88. The molecule has 1 aliphatic carbocycles. The van der Waals surface area contributed by atoms with Crippen LogP contribution in [0.5, 0.6) is 0 Å². The lowest BCUT2D eigenvalue weighted by molar-refractivity contribution is 0.345. The summed E-state index contributed by atoms with van der Waals surface area (Å²) < 4.78 is 0. The lowest BCUT2D eigenvalue weighted by Gasteiger charge is -2.32. The minimum Gasteiger partial charge on any atom is -0.369 e. The first-order valence-electron chi connectivity index (χ1n) is 7.56. The van der Waals surface area contributed by atoms with E-state index >= 15 is 0 Å². The Balaban J connectivity index is 0.00000144. The van der Waals surface area contributed by atoms with Gasteiger partial charge in [-0.1, -0.05) is 0 Å². The zero-order valence-electron chi connectivity index (χ0n) is 13.8. The molecule has 0 spiro atoms. The fraction of sp³-hybridized carbons (Fsp3) is 0.533. The molecule has 2 heterocycles. The number of rotatable bonds is 6. The van der Waals surface area contributed by atoms with Gasteiger partial charge in [-0.05, 0) is 12.8 Å². The number of thiazole rings is 1. The van der Waals surface area contributed by atoms with Crippen molar-refractivity contribution in [3.05, 3.63) is 28.3 Å². The van der Waals surface area contributed by atoms with Gasteiger partial charge in [0.1, 0.15) is 5.82 Å². The fourth-order valence-corrected chi connectivity index (χ4v) is 3.15. The van der Waals surface area contributed by atoms with Gasteiger partial charge in [0.2, 0.25) is 5.95 Å². The Bertz CT molecular complexity index is 616. The number of nitrogens with zero attached hydrogens (tertiary/aromatic N) is 4. The van der Waals surface area contributed by atoms with Crippen LogP contribution in [0.15, 0.2) is 17.6 Å². The third kappa shape index (κ3) is 5.17. The average molecular weight is 391 g/mol. The van der Waals surface area contributed by atoms with Crippen molar-refractivity contribution in [2.24, 2.45) is 5.73 Å². The van der Waals surface area contributed by atoms with Gasteiger partial charge in [0, 0.05) is 56.7 Å². The van der Waals surface area contributed by atoms with Gasteiger partial charge in [-0.2, -0.15) is 4.98 Å². The first-order valence-corrected chi connectivity index (χ1v) is 8.44. The molecule has 0 aliphatic heterocycles. The molecule has 0 saturated heterocycles. The van der Waals surface area contributed by atoms with Crippen LogP contribution in [0.25, 0.3) is 0 Å². The number of aromatic nitrogens is 3. The van der Waals surface area contributed by atoms with Crippen LogP contribution >= 0.6 is 36.2 Å². The number of nitrogens with one attached hydrogen (secondary N) is 1. The Kier molecular flexibility index (Phi) is 8.15. The maximum atomic E-state index is 5.90. The van der Waals surface area contributed by atoms with Gasteiger partial charge >= 0.3 is 0 Å². The average Bonchev–Trinajstić information content (AvgIpc) is 2.97. The molecular weight excluding hydrogens is 367 g/mol. The van der Waals surface area contributed by atoms with Gasteiger partial charge in [-0.3, -0.25) is 0 Å². The van der Waals surface area contributed by atoms with Crippen LogP contribution in [0, 0.1) is 0 Å². The van der Waals surface area contributed by atoms with E-state index in [4.69, 9.17) is 5.73 Å². The maximum Gasteiger partial charge on any atom is 0.227 e. The highest BCUT2D eigenvalue weighted by molar-refractivity contribution is 7.09. The molecule has 0 radical (unpaired) electrons. The van der Waals surface area contributed by atoms with Gasteiger partial charge < -0.3 is 16.0 Å². The summed E-state index contributed by atoms with van der Waals surface area (Å²) in [6.07, 6.45) is 4.78. The fourth-order valence-electron chi connectivity index (χ4n) is 2.53. The molecule has 0 atom stereocenters. The Morgan fingerprint density at radius 1 is 1.29 bits per heavy atom. The predicted octanol–water partition coefficient (Wildman–Crippen LogP) is 2.70. The summed E-state index contributed by atoms with van der Waals surface area (Å²) in [4.78, 5) is 15.5. The van der Waals surface area contributed by atoms with E-state index in [1.165, 1.54) is 0 Å². The molecule has 6 nitrogen and oxygen atoms in total. The van der Waals surface area contributed by atoms with E-state index in [2.05, 4.69) is 26.3 Å². The second kappa shape index (κ2) is 9.36. The molecule has 9 heteroatoms. The molecule has 1 saturated carbocycles. The molecular formula is C15H24Cl2N6S. The summed E-state index contributed by atoms with van der Waals surface area (Å²) in [6, 6.07) is 2.38. The Morgan fingerprint density at radius 3 is 2.62 bits per heavy atom. The summed E-state index contributed by atoms with van der Waals surface area (Å²) in [5, 5.41) is 6.53. The van der Waals surface area contributed by atoms with Crippen LogP contribution in [0.2, 0.25) is 0 Å². The van der Waals surface area contributed by atoms with E-state index < -0.39 is 0 Å². The molecule has 0 amide bonds. The van der Waals surface area contributed by atoms with Crippen LogP contribution in [0.4, 0.5) is 11.8 Å². The molecule has 0 unspecified atom stereocenters. The molecule has 1 fully saturated rings. The van der Waals surface area contributed by atoms with Gasteiger partial charge in [0.05, 0.1) is 10.7 Å². The molecule has 0 aromatic carbocycles. The highest BCUT2D eigenvalue weighted by Gasteiger charge is 2.29. The zero-order chi connectivity index (χ0) is 15.5. The van der Waals surface area contributed by atoms with E-state index in [1.54, 1.807) is 11.3 Å². The molecule has 2 aromatic heterocycles. The molecule has 134 valence electrons. The van der Waals surface area contributed by atoms with Gasteiger partial charge in [0.15, 0.2) is 0 Å². The smallest absolute Gasteiger partial charge is 0.227 e. The zero-order valence-corrected chi connectivity index (χ0v) is 16.3. The number of hydrogen-bond donors (Lipinski definition) is 2. The maximum absolute atomic E-state index is 5.90. The number of nitrogens with two attached hydrogens (primary N) is 1. The Hall–Kier alpha value is -1.15. The van der Waals surface area contributed by atoms with Crippen LogP contribution in [-0.4, -0.2) is 41.6 Å². The third-order valence-electron chi connectivity index (χ3n) is 3.86. The first kappa shape index (κ1) is 20.9. The first-order chi connectivity index (χ1) is 10.6. The molecule has 3 N–H and O–H groups in total. The van der Waals surface area contributed by atoms with Gasteiger partial charge in [-0.25, -0.2) is 9.97 Å². The largest absolute Gasteiger partial charge is 0.369 e. The highest BCUT2D eigenvalue weighted by Crippen LogP contribution is 2.35. The Morgan fingerprint density at radius 2 is 2.04 bits per heavy atom. The monoisotopic (exact) mass is 390 g/mol. The van der Waals surface area contributed by atoms with Crippen molar-refractivity contribution in [1.82, 2.24) is 15.0 Å². The van der Waals surface area contributed by atoms with Crippen molar-refractivity contribution in [2.75, 3.05) is 30.9 Å². The van der Waals surface area contributed by atoms with Crippen molar-refractivity contribution < 1.29 is 0 Å². The number of hydrogen-bond acceptors (Lipinski definition) is 7. The number of anilines is 2. The lowest BCUT2D eigenvalue weighted by Crippen LogP contribution is -2.35. The van der Waals surface area contributed by atoms with Crippen molar-refractivity contribution in [3.63, 3.8) is 0 Å². The van der Waals surface area contributed by atoms with Crippen molar-refractivity contribution in [2.45, 2.75) is 31.2 Å². The molecule has 0 bridgehead atoms. The SMILES string of the molecule is CN(C)c1nc(NCCc2nccs2)cc(C2CC(N)C2)n1.Cl.Cl. The minimum atomic E-state index is 0. The van der Waals surface area contributed by atoms with Crippen LogP contribution < -0.4 is 16.0 Å². The third-order valence-corrected chi connectivity index (χ3v) is 4.69. The van der Waals surface area contributed by atoms with E-state index in [0.29, 0.717) is 12.0 Å². The lowest BCUT2D eigenvalue weighted by atomic mass is 9.78. The quantitative estimate of drug-likeness (QED) is 0.788. The minimum absolute atomic E-state index is 0.